The van der Waals surface area contributed by atoms with Gasteiger partial charge in [0, 0.05) is 0 Å². The van der Waals surface area contributed by atoms with Crippen molar-refractivity contribution in [1.29, 1.82) is 10.9 Å². The average molecular weight is 223 g/mol. The van der Waals surface area contributed by atoms with Crippen molar-refractivity contribution in [3.05, 3.63) is 71.8 Å². The average Bonchev–Trinajstić information content (AvgIpc) is 2.42. The molecule has 0 bridgehead atoms. The predicted molar refractivity (Wildman–Crippen MR) is 67.6 cm³/mol. The fourth-order valence-corrected chi connectivity index (χ4v) is 1.72. The van der Waals surface area contributed by atoms with E-state index in [9.17, 15) is 0 Å². The molecule has 0 spiro atoms. The summed E-state index contributed by atoms with van der Waals surface area (Å²) in [6.07, 6.45) is 0. The number of nitrogens with one attached hydrogen (secondary N) is 2. The van der Waals surface area contributed by atoms with Gasteiger partial charge in [-0.3, -0.25) is 0 Å². The van der Waals surface area contributed by atoms with Gasteiger partial charge in [0.2, 0.25) is 0 Å². The lowest BCUT2D eigenvalue weighted by Gasteiger charge is -2.12. The third-order valence-electron chi connectivity index (χ3n) is 2.60. The van der Waals surface area contributed by atoms with Gasteiger partial charge in [0.25, 0.3) is 0 Å². The third kappa shape index (κ3) is 2.45. The monoisotopic (exact) mass is 223 g/mol. The maximum Gasteiger partial charge on any atom is 0.137 e. The van der Waals surface area contributed by atoms with E-state index in [2.05, 4.69) is 5.11 Å². The molecule has 0 heterocycles. The molecule has 1 unspecified atom stereocenters. The number of nitrogens with zero attached hydrogens (tertiary/aromatic N) is 1. The number of hydrogen-bond acceptors (Lipinski definition) is 3. The molecule has 0 fully saturated rings. The molecule has 0 aromatic heterocycles. The van der Waals surface area contributed by atoms with E-state index in [0.29, 0.717) is 5.71 Å². The van der Waals surface area contributed by atoms with Crippen LogP contribution in [0.25, 0.3) is 0 Å². The second-order valence-electron chi connectivity index (χ2n) is 3.72. The van der Waals surface area contributed by atoms with Crippen LogP contribution in [0.3, 0.4) is 0 Å². The molecule has 2 rings (SSSR count). The maximum atomic E-state index is 8.11. The van der Waals surface area contributed by atoms with E-state index in [1.165, 1.54) is 0 Å². The summed E-state index contributed by atoms with van der Waals surface area (Å²) in [5, 5.41) is 11.7. The molecule has 1 atom stereocenters. The van der Waals surface area contributed by atoms with Crippen LogP contribution in [0.5, 0.6) is 0 Å². The first-order valence-electron chi connectivity index (χ1n) is 5.38. The van der Waals surface area contributed by atoms with Gasteiger partial charge in [0.05, 0.1) is 5.71 Å². The van der Waals surface area contributed by atoms with Crippen LogP contribution in [0.2, 0.25) is 0 Å². The van der Waals surface area contributed by atoms with Gasteiger partial charge in [-0.05, 0) is 11.1 Å². The van der Waals surface area contributed by atoms with E-state index >= 15 is 0 Å². The Kier molecular flexibility index (Phi) is 3.40. The van der Waals surface area contributed by atoms with Gasteiger partial charge in [0.1, 0.15) is 6.04 Å². The molecule has 2 aromatic carbocycles. The molecule has 0 amide bonds. The molecular formula is C14H13N3. The van der Waals surface area contributed by atoms with Gasteiger partial charge < -0.3 is 5.41 Å². The van der Waals surface area contributed by atoms with Crippen molar-refractivity contribution < 1.29 is 0 Å². The molecule has 2 aromatic rings. The first-order valence-corrected chi connectivity index (χ1v) is 5.38. The molecule has 84 valence electrons. The Labute approximate surface area is 100 Å². The topological polar surface area (TPSA) is 60.1 Å². The van der Waals surface area contributed by atoms with Crippen molar-refractivity contribution in [3.63, 3.8) is 0 Å². The summed E-state index contributed by atoms with van der Waals surface area (Å²) in [4.78, 5) is 0. The van der Waals surface area contributed by atoms with E-state index in [4.69, 9.17) is 10.9 Å². The van der Waals surface area contributed by atoms with Crippen LogP contribution < -0.4 is 0 Å². The predicted octanol–water partition coefficient (Wildman–Crippen LogP) is 3.83. The van der Waals surface area contributed by atoms with Crippen molar-refractivity contribution >= 4 is 5.71 Å². The van der Waals surface area contributed by atoms with E-state index in [-0.39, 0.29) is 0 Å². The van der Waals surface area contributed by atoms with Crippen molar-refractivity contribution in [2.24, 2.45) is 5.11 Å². The number of rotatable bonds is 4. The lowest BCUT2D eigenvalue weighted by Crippen LogP contribution is -2.10. The molecule has 0 aliphatic rings. The highest BCUT2D eigenvalue weighted by atomic mass is 15.0. The quantitative estimate of drug-likeness (QED) is 0.584. The molecule has 0 saturated heterocycles. The van der Waals surface area contributed by atoms with Gasteiger partial charge in [-0.2, -0.15) is 5.11 Å². The van der Waals surface area contributed by atoms with E-state index in [1.807, 2.05) is 60.7 Å². The third-order valence-corrected chi connectivity index (χ3v) is 2.60. The summed E-state index contributed by atoms with van der Waals surface area (Å²) in [5.74, 6) is 0. The Morgan fingerprint density at radius 2 is 1.41 bits per heavy atom. The summed E-state index contributed by atoms with van der Waals surface area (Å²) >= 11 is 0. The van der Waals surface area contributed by atoms with Crippen LogP contribution in [0, 0.1) is 10.9 Å². The number of hydrogen-bond donors (Lipinski definition) is 2. The summed E-state index contributed by atoms with van der Waals surface area (Å²) in [6.45, 7) is 0. The van der Waals surface area contributed by atoms with Gasteiger partial charge in [-0.15, -0.1) is 0 Å². The lowest BCUT2D eigenvalue weighted by molar-refractivity contribution is 0.833. The Bertz CT molecular complexity index is 506. The van der Waals surface area contributed by atoms with E-state index < -0.39 is 6.04 Å². The van der Waals surface area contributed by atoms with Crippen molar-refractivity contribution in [1.82, 2.24) is 0 Å². The highest BCUT2D eigenvalue weighted by Gasteiger charge is 2.16. The zero-order valence-electron chi connectivity index (χ0n) is 9.30. The molecule has 3 heteroatoms. The molecular weight excluding hydrogens is 210 g/mol. The van der Waals surface area contributed by atoms with Gasteiger partial charge >= 0.3 is 0 Å². The molecule has 17 heavy (non-hydrogen) atoms. The summed E-state index contributed by atoms with van der Waals surface area (Å²) in [7, 11) is 0. The van der Waals surface area contributed by atoms with E-state index in [1.54, 1.807) is 0 Å². The Morgan fingerprint density at radius 1 is 0.882 bits per heavy atom. The minimum Gasteiger partial charge on any atom is -0.302 e. The highest BCUT2D eigenvalue weighted by Crippen LogP contribution is 2.21. The molecule has 0 aliphatic heterocycles. The molecule has 0 saturated carbocycles. The van der Waals surface area contributed by atoms with Crippen LogP contribution in [0.15, 0.2) is 65.8 Å². The summed E-state index contributed by atoms with van der Waals surface area (Å²) in [6, 6.07) is 18.4. The zero-order valence-corrected chi connectivity index (χ0v) is 9.30. The minimum atomic E-state index is -0.515. The molecule has 2 N–H and O–H groups in total. The smallest absolute Gasteiger partial charge is 0.137 e. The fraction of sp³-hybridized carbons (Fsp3) is 0.0714. The van der Waals surface area contributed by atoms with Gasteiger partial charge in [-0.1, -0.05) is 60.7 Å². The highest BCUT2D eigenvalue weighted by molar-refractivity contribution is 6.02. The standard InChI is InChI=1S/C14H13N3/c15-13(11-7-3-1-4-8-11)14(17-16)12-9-5-2-6-10-12/h1-10,14-16H. The second-order valence-corrected chi connectivity index (χ2v) is 3.72. The van der Waals surface area contributed by atoms with Crippen molar-refractivity contribution in [3.8, 4) is 0 Å². The van der Waals surface area contributed by atoms with Gasteiger partial charge in [-0.25, -0.2) is 5.53 Å². The van der Waals surface area contributed by atoms with Crippen molar-refractivity contribution in [2.45, 2.75) is 6.04 Å². The number of benzene rings is 2. The largest absolute Gasteiger partial charge is 0.302 e. The Hall–Kier alpha value is -2.29. The lowest BCUT2D eigenvalue weighted by atomic mass is 9.97. The molecule has 0 radical (unpaired) electrons. The first-order chi connectivity index (χ1) is 8.33. The summed E-state index contributed by atoms with van der Waals surface area (Å²) in [5.41, 5.74) is 9.29. The Morgan fingerprint density at radius 3 is 1.94 bits per heavy atom. The van der Waals surface area contributed by atoms with E-state index in [0.717, 1.165) is 11.1 Å². The first kappa shape index (κ1) is 11.2. The zero-order chi connectivity index (χ0) is 12.1. The minimum absolute atomic E-state index is 0.354. The fourth-order valence-electron chi connectivity index (χ4n) is 1.72. The van der Waals surface area contributed by atoms with Crippen molar-refractivity contribution in [2.75, 3.05) is 0 Å². The SMILES string of the molecule is N=NC(C(=N)c1ccccc1)c1ccccc1. The normalized spacial score (nSPS) is 11.8. The summed E-state index contributed by atoms with van der Waals surface area (Å²) < 4.78 is 0. The van der Waals surface area contributed by atoms with Gasteiger partial charge in [0.15, 0.2) is 0 Å². The second kappa shape index (κ2) is 5.16. The molecule has 0 aliphatic carbocycles. The Balaban J connectivity index is 2.32. The van der Waals surface area contributed by atoms with Crippen LogP contribution in [0.4, 0.5) is 0 Å². The van der Waals surface area contributed by atoms with Crippen LogP contribution in [-0.4, -0.2) is 5.71 Å². The maximum absolute atomic E-state index is 8.11. The van der Waals surface area contributed by atoms with Crippen LogP contribution in [0.1, 0.15) is 17.2 Å². The van der Waals surface area contributed by atoms with Crippen LogP contribution >= 0.6 is 0 Å². The molecule has 3 nitrogen and oxygen atoms in total. The van der Waals surface area contributed by atoms with Crippen LogP contribution in [-0.2, 0) is 0 Å².